The van der Waals surface area contributed by atoms with Crippen LogP contribution in [0.1, 0.15) is 30.0 Å². The van der Waals surface area contributed by atoms with Gasteiger partial charge in [0.05, 0.1) is 6.42 Å². The second kappa shape index (κ2) is 5.49. The summed E-state index contributed by atoms with van der Waals surface area (Å²) >= 11 is 0. The van der Waals surface area contributed by atoms with Crippen molar-refractivity contribution in [3.63, 3.8) is 0 Å². The molecule has 0 aliphatic carbocycles. The third-order valence-corrected chi connectivity index (χ3v) is 2.42. The number of carboxylic acid groups (broad SMARTS) is 1. The van der Waals surface area contributed by atoms with E-state index in [1.165, 1.54) is 6.92 Å². The Balaban J connectivity index is 3.26. The lowest BCUT2D eigenvalue weighted by Gasteiger charge is -2.14. The van der Waals surface area contributed by atoms with Crippen LogP contribution in [0.2, 0.25) is 0 Å². The van der Waals surface area contributed by atoms with Gasteiger partial charge in [0, 0.05) is 12.5 Å². The predicted octanol–water partition coefficient (Wildman–Crippen LogP) is 2.72. The van der Waals surface area contributed by atoms with Gasteiger partial charge in [0.25, 0.3) is 0 Å². The zero-order chi connectivity index (χ0) is 13.9. The van der Waals surface area contributed by atoms with Crippen molar-refractivity contribution in [2.75, 3.05) is 0 Å². The molecule has 0 aliphatic rings. The molecule has 4 heteroatoms. The molecule has 0 spiro atoms. The minimum Gasteiger partial charge on any atom is -0.481 e. The molecular formula is C14H16O4. The summed E-state index contributed by atoms with van der Waals surface area (Å²) in [5, 5.41) is 8.79. The largest absolute Gasteiger partial charge is 0.481 e. The summed E-state index contributed by atoms with van der Waals surface area (Å²) in [7, 11) is 0. The Morgan fingerprint density at radius 2 is 1.94 bits per heavy atom. The second-order valence-corrected chi connectivity index (χ2v) is 4.22. The van der Waals surface area contributed by atoms with Gasteiger partial charge < -0.3 is 9.84 Å². The van der Waals surface area contributed by atoms with E-state index in [4.69, 9.17) is 9.84 Å². The SMILES string of the molecule is C=C(CC(=O)O)c1c(C)cc(C)cc1OC(C)=O. The third-order valence-electron chi connectivity index (χ3n) is 2.42. The highest BCUT2D eigenvalue weighted by atomic mass is 16.5. The summed E-state index contributed by atoms with van der Waals surface area (Å²) in [5.41, 5.74) is 2.81. The molecule has 0 saturated heterocycles. The molecule has 0 heterocycles. The maximum Gasteiger partial charge on any atom is 0.308 e. The van der Waals surface area contributed by atoms with Gasteiger partial charge in [-0.05, 0) is 36.6 Å². The summed E-state index contributed by atoms with van der Waals surface area (Å²) in [6, 6.07) is 3.60. The number of aliphatic carboxylic acids is 1. The van der Waals surface area contributed by atoms with E-state index in [1.807, 2.05) is 19.9 Å². The molecule has 0 atom stereocenters. The van der Waals surface area contributed by atoms with Crippen LogP contribution in [0.25, 0.3) is 5.57 Å². The van der Waals surface area contributed by atoms with Crippen LogP contribution in [-0.4, -0.2) is 17.0 Å². The molecular weight excluding hydrogens is 232 g/mol. The Morgan fingerprint density at radius 3 is 2.44 bits per heavy atom. The Kier molecular flexibility index (Phi) is 4.26. The highest BCUT2D eigenvalue weighted by Crippen LogP contribution is 2.31. The summed E-state index contributed by atoms with van der Waals surface area (Å²) in [6.07, 6.45) is -0.182. The molecule has 4 nitrogen and oxygen atoms in total. The Bertz CT molecular complexity index is 515. The zero-order valence-electron chi connectivity index (χ0n) is 10.7. The number of carboxylic acids is 1. The lowest BCUT2D eigenvalue weighted by molar-refractivity contribution is -0.135. The molecule has 0 amide bonds. The fourth-order valence-corrected chi connectivity index (χ4v) is 1.89. The van der Waals surface area contributed by atoms with Crippen molar-refractivity contribution in [2.24, 2.45) is 0 Å². The smallest absolute Gasteiger partial charge is 0.308 e. The molecule has 0 radical (unpaired) electrons. The maximum atomic E-state index is 11.1. The van der Waals surface area contributed by atoms with Crippen LogP contribution in [0.3, 0.4) is 0 Å². The standard InChI is InChI=1S/C14H16O4/c1-8-5-9(2)14(10(3)7-13(16)17)12(6-8)18-11(4)15/h5-6H,3,7H2,1-2,4H3,(H,16,17). The molecule has 1 N–H and O–H groups in total. The summed E-state index contributed by atoms with van der Waals surface area (Å²) in [4.78, 5) is 21.8. The van der Waals surface area contributed by atoms with E-state index in [2.05, 4.69) is 6.58 Å². The fourth-order valence-electron chi connectivity index (χ4n) is 1.89. The number of aryl methyl sites for hydroxylation is 2. The van der Waals surface area contributed by atoms with Gasteiger partial charge in [-0.2, -0.15) is 0 Å². The average Bonchev–Trinajstić information content (AvgIpc) is 2.12. The van der Waals surface area contributed by atoms with Crippen molar-refractivity contribution in [1.82, 2.24) is 0 Å². The number of rotatable bonds is 4. The summed E-state index contributed by atoms with van der Waals surface area (Å²) in [5.74, 6) is -1.04. The minimum atomic E-state index is -0.964. The highest BCUT2D eigenvalue weighted by Gasteiger charge is 2.15. The van der Waals surface area contributed by atoms with E-state index in [0.29, 0.717) is 16.9 Å². The van der Waals surface area contributed by atoms with E-state index in [9.17, 15) is 9.59 Å². The molecule has 96 valence electrons. The van der Waals surface area contributed by atoms with Crippen molar-refractivity contribution in [3.05, 3.63) is 35.4 Å². The van der Waals surface area contributed by atoms with Crippen LogP contribution in [-0.2, 0) is 9.59 Å². The fraction of sp³-hybridized carbons (Fsp3) is 0.286. The van der Waals surface area contributed by atoms with Crippen molar-refractivity contribution < 1.29 is 19.4 Å². The van der Waals surface area contributed by atoms with Crippen molar-refractivity contribution in [3.8, 4) is 5.75 Å². The van der Waals surface area contributed by atoms with Gasteiger partial charge in [-0.1, -0.05) is 12.6 Å². The van der Waals surface area contributed by atoms with Crippen molar-refractivity contribution >= 4 is 17.5 Å². The number of benzene rings is 1. The summed E-state index contributed by atoms with van der Waals surface area (Å²) in [6.45, 7) is 8.77. The van der Waals surface area contributed by atoms with Crippen LogP contribution in [0.15, 0.2) is 18.7 Å². The van der Waals surface area contributed by atoms with Gasteiger partial charge >= 0.3 is 11.9 Å². The summed E-state index contributed by atoms with van der Waals surface area (Å²) < 4.78 is 5.12. The number of carbonyl (C=O) groups excluding carboxylic acids is 1. The van der Waals surface area contributed by atoms with Gasteiger partial charge in [-0.15, -0.1) is 0 Å². The normalized spacial score (nSPS) is 9.94. The Hall–Kier alpha value is -2.10. The van der Waals surface area contributed by atoms with Crippen LogP contribution in [0, 0.1) is 13.8 Å². The quantitative estimate of drug-likeness (QED) is 0.657. The van der Waals surface area contributed by atoms with Gasteiger partial charge in [0.1, 0.15) is 5.75 Å². The molecule has 0 unspecified atom stereocenters. The number of hydrogen-bond acceptors (Lipinski definition) is 3. The topological polar surface area (TPSA) is 63.6 Å². The van der Waals surface area contributed by atoms with E-state index in [-0.39, 0.29) is 6.42 Å². The van der Waals surface area contributed by atoms with Crippen molar-refractivity contribution in [1.29, 1.82) is 0 Å². The molecule has 0 fully saturated rings. The van der Waals surface area contributed by atoms with E-state index in [0.717, 1.165) is 11.1 Å². The molecule has 1 aromatic carbocycles. The maximum absolute atomic E-state index is 11.1. The molecule has 0 saturated carbocycles. The van der Waals surface area contributed by atoms with Crippen LogP contribution in [0.4, 0.5) is 0 Å². The van der Waals surface area contributed by atoms with Crippen LogP contribution < -0.4 is 4.74 Å². The predicted molar refractivity (Wildman–Crippen MR) is 68.5 cm³/mol. The van der Waals surface area contributed by atoms with E-state index < -0.39 is 11.9 Å². The molecule has 18 heavy (non-hydrogen) atoms. The molecule has 0 aromatic heterocycles. The zero-order valence-corrected chi connectivity index (χ0v) is 10.7. The molecule has 0 aliphatic heterocycles. The van der Waals surface area contributed by atoms with E-state index in [1.54, 1.807) is 6.07 Å². The Morgan fingerprint density at radius 1 is 1.33 bits per heavy atom. The first-order valence-corrected chi connectivity index (χ1v) is 5.51. The number of ether oxygens (including phenoxy) is 1. The number of esters is 1. The molecule has 1 aromatic rings. The first kappa shape index (κ1) is 14.0. The van der Waals surface area contributed by atoms with Gasteiger partial charge in [0.2, 0.25) is 0 Å². The first-order valence-electron chi connectivity index (χ1n) is 5.51. The van der Waals surface area contributed by atoms with Crippen LogP contribution in [0.5, 0.6) is 5.75 Å². The third kappa shape index (κ3) is 3.45. The minimum absolute atomic E-state index is 0.182. The lowest BCUT2D eigenvalue weighted by Crippen LogP contribution is -2.06. The second-order valence-electron chi connectivity index (χ2n) is 4.22. The average molecular weight is 248 g/mol. The van der Waals surface area contributed by atoms with Crippen molar-refractivity contribution in [2.45, 2.75) is 27.2 Å². The van der Waals surface area contributed by atoms with Gasteiger partial charge in [-0.3, -0.25) is 9.59 Å². The van der Waals surface area contributed by atoms with Gasteiger partial charge in [0.15, 0.2) is 0 Å². The van der Waals surface area contributed by atoms with E-state index >= 15 is 0 Å². The first-order chi connectivity index (χ1) is 8.31. The van der Waals surface area contributed by atoms with Crippen LogP contribution >= 0.6 is 0 Å². The lowest BCUT2D eigenvalue weighted by atomic mass is 9.96. The number of hydrogen-bond donors (Lipinski definition) is 1. The molecule has 0 bridgehead atoms. The van der Waals surface area contributed by atoms with Gasteiger partial charge in [-0.25, -0.2) is 0 Å². The Labute approximate surface area is 106 Å². The molecule has 1 rings (SSSR count). The number of carbonyl (C=O) groups is 2. The highest BCUT2D eigenvalue weighted by molar-refractivity contribution is 5.86. The monoisotopic (exact) mass is 248 g/mol.